The van der Waals surface area contributed by atoms with Crippen LogP contribution in [0, 0.1) is 0 Å². The monoisotopic (exact) mass is 412 g/mol. The molecule has 29 heavy (non-hydrogen) atoms. The van der Waals surface area contributed by atoms with Crippen molar-refractivity contribution in [3.8, 4) is 0 Å². The van der Waals surface area contributed by atoms with E-state index in [1.165, 1.54) is 0 Å². The molecule has 3 rings (SSSR count). The summed E-state index contributed by atoms with van der Waals surface area (Å²) >= 11 is 1.63. The fraction of sp³-hybridized carbons (Fsp3) is 0.286. The molecule has 0 saturated heterocycles. The van der Waals surface area contributed by atoms with Crippen LogP contribution >= 0.6 is 11.8 Å². The molecule has 7 nitrogen and oxygen atoms in total. The Kier molecular flexibility index (Phi) is 6.77. The number of anilines is 2. The van der Waals surface area contributed by atoms with E-state index in [4.69, 9.17) is 4.74 Å². The highest BCUT2D eigenvalue weighted by Crippen LogP contribution is 2.19. The Morgan fingerprint density at radius 1 is 1.14 bits per heavy atom. The zero-order chi connectivity index (χ0) is 20.8. The van der Waals surface area contributed by atoms with Gasteiger partial charge in [0.05, 0.1) is 16.8 Å². The number of hydrogen-bond donors (Lipinski definition) is 1. The molecule has 0 atom stereocenters. The van der Waals surface area contributed by atoms with Crippen LogP contribution in [0.15, 0.2) is 48.5 Å². The van der Waals surface area contributed by atoms with Crippen molar-refractivity contribution in [3.63, 3.8) is 0 Å². The maximum Gasteiger partial charge on any atom is 0.326 e. The quantitative estimate of drug-likeness (QED) is 0.573. The second kappa shape index (κ2) is 9.47. The molecule has 152 valence electrons. The number of carbonyl (C=O) groups excluding carboxylic acids is 2. The van der Waals surface area contributed by atoms with Crippen LogP contribution in [0.1, 0.15) is 5.82 Å². The number of amides is 1. The molecular weight excluding hydrogens is 388 g/mol. The second-order valence-electron chi connectivity index (χ2n) is 6.69. The van der Waals surface area contributed by atoms with Gasteiger partial charge in [0.25, 0.3) is 5.91 Å². The summed E-state index contributed by atoms with van der Waals surface area (Å²) < 4.78 is 7.02. The van der Waals surface area contributed by atoms with E-state index in [1.54, 1.807) is 23.9 Å². The number of ether oxygens (including phenoxy) is 1. The predicted octanol–water partition coefficient (Wildman–Crippen LogP) is 3.15. The summed E-state index contributed by atoms with van der Waals surface area (Å²) in [5.41, 5.74) is 3.39. The fourth-order valence-corrected chi connectivity index (χ4v) is 3.38. The summed E-state index contributed by atoms with van der Waals surface area (Å²) in [5.74, 6) is 0.635. The third-order valence-electron chi connectivity index (χ3n) is 4.33. The lowest BCUT2D eigenvalue weighted by Crippen LogP contribution is -2.23. The Morgan fingerprint density at radius 3 is 2.55 bits per heavy atom. The van der Waals surface area contributed by atoms with E-state index < -0.39 is 5.97 Å². The Labute approximate surface area is 174 Å². The molecule has 0 spiro atoms. The van der Waals surface area contributed by atoms with Crippen molar-refractivity contribution in [2.45, 2.75) is 12.3 Å². The lowest BCUT2D eigenvalue weighted by molar-refractivity contribution is -0.147. The summed E-state index contributed by atoms with van der Waals surface area (Å²) in [4.78, 5) is 31.0. The highest BCUT2D eigenvalue weighted by molar-refractivity contribution is 7.97. The van der Waals surface area contributed by atoms with Crippen LogP contribution in [0.2, 0.25) is 0 Å². The molecule has 1 amide bonds. The largest absolute Gasteiger partial charge is 0.454 e. The number of para-hydroxylation sites is 2. The minimum Gasteiger partial charge on any atom is -0.454 e. The molecule has 0 saturated carbocycles. The van der Waals surface area contributed by atoms with Gasteiger partial charge in [-0.25, -0.2) is 4.98 Å². The first-order valence-corrected chi connectivity index (χ1v) is 10.5. The van der Waals surface area contributed by atoms with Crippen molar-refractivity contribution in [3.05, 3.63) is 54.4 Å². The highest BCUT2D eigenvalue weighted by Gasteiger charge is 2.15. The van der Waals surface area contributed by atoms with Gasteiger partial charge in [0.15, 0.2) is 6.61 Å². The minimum absolute atomic E-state index is 0.0151. The van der Waals surface area contributed by atoms with Gasteiger partial charge in [-0.15, -0.1) is 0 Å². The normalized spacial score (nSPS) is 10.7. The minimum atomic E-state index is -0.478. The topological polar surface area (TPSA) is 76.5 Å². The Hall–Kier alpha value is -3.00. The molecule has 0 aliphatic rings. The first-order chi connectivity index (χ1) is 14.0. The van der Waals surface area contributed by atoms with Crippen molar-refractivity contribution in [2.24, 2.45) is 0 Å². The Balaban J connectivity index is 1.58. The lowest BCUT2D eigenvalue weighted by atomic mass is 10.2. The van der Waals surface area contributed by atoms with E-state index in [0.29, 0.717) is 11.4 Å². The Morgan fingerprint density at radius 2 is 1.86 bits per heavy atom. The molecule has 3 aromatic rings. The molecule has 2 aromatic carbocycles. The zero-order valence-corrected chi connectivity index (χ0v) is 17.5. The number of hydrogen-bond acceptors (Lipinski definition) is 6. The highest BCUT2D eigenvalue weighted by atomic mass is 32.2. The van der Waals surface area contributed by atoms with E-state index in [-0.39, 0.29) is 19.1 Å². The van der Waals surface area contributed by atoms with E-state index in [9.17, 15) is 9.59 Å². The third-order valence-corrected chi connectivity index (χ3v) is 4.87. The van der Waals surface area contributed by atoms with E-state index in [1.807, 2.05) is 66.2 Å². The summed E-state index contributed by atoms with van der Waals surface area (Å²) in [6.45, 7) is -0.319. The van der Waals surface area contributed by atoms with Crippen molar-refractivity contribution >= 4 is 46.0 Å². The first-order valence-electron chi connectivity index (χ1n) is 9.14. The molecule has 0 aliphatic heterocycles. The number of carbonyl (C=O) groups is 2. The average Bonchev–Trinajstić information content (AvgIpc) is 3.04. The summed E-state index contributed by atoms with van der Waals surface area (Å²) in [6.07, 6.45) is 1.98. The average molecular weight is 413 g/mol. The molecule has 8 heteroatoms. The molecule has 0 radical (unpaired) electrons. The number of thioether (sulfide) groups is 1. The number of nitrogens with one attached hydrogen (secondary N) is 1. The predicted molar refractivity (Wildman–Crippen MR) is 117 cm³/mol. The summed E-state index contributed by atoms with van der Waals surface area (Å²) in [6, 6.07) is 15.1. The Bertz CT molecular complexity index is 999. The SMILES string of the molecule is CSCc1nc2ccccc2n1CC(=O)OCC(=O)Nc1ccc(N(C)C)cc1. The molecule has 0 aliphatic carbocycles. The van der Waals surface area contributed by atoms with Crippen LogP contribution in [-0.2, 0) is 26.6 Å². The molecule has 0 unspecified atom stereocenters. The van der Waals surface area contributed by atoms with E-state index >= 15 is 0 Å². The molecule has 0 fully saturated rings. The van der Waals surface area contributed by atoms with Crippen molar-refractivity contribution in [2.75, 3.05) is 37.2 Å². The standard InChI is InChI=1S/C21H24N4O3S/c1-24(2)16-10-8-15(9-11-16)22-20(26)13-28-21(27)12-25-18-7-5-4-6-17(18)23-19(25)14-29-3/h4-11H,12-14H2,1-3H3,(H,22,26). The van der Waals surface area contributed by atoms with Crippen LogP contribution in [0.25, 0.3) is 11.0 Å². The zero-order valence-electron chi connectivity index (χ0n) is 16.7. The molecule has 1 aromatic heterocycles. The smallest absolute Gasteiger partial charge is 0.326 e. The maximum atomic E-state index is 12.3. The molecular formula is C21H24N4O3S. The number of aromatic nitrogens is 2. The van der Waals surface area contributed by atoms with Gasteiger partial charge in [-0.1, -0.05) is 12.1 Å². The second-order valence-corrected chi connectivity index (χ2v) is 7.55. The van der Waals surface area contributed by atoms with Gasteiger partial charge in [0.1, 0.15) is 12.4 Å². The van der Waals surface area contributed by atoms with Gasteiger partial charge in [0, 0.05) is 25.5 Å². The number of esters is 1. The van der Waals surface area contributed by atoms with E-state index in [2.05, 4.69) is 10.3 Å². The van der Waals surface area contributed by atoms with Crippen LogP contribution < -0.4 is 10.2 Å². The van der Waals surface area contributed by atoms with Gasteiger partial charge in [0.2, 0.25) is 0 Å². The van der Waals surface area contributed by atoms with Crippen LogP contribution in [-0.4, -0.2) is 48.4 Å². The third kappa shape index (κ3) is 5.29. The van der Waals surface area contributed by atoms with Gasteiger partial charge in [-0.2, -0.15) is 11.8 Å². The van der Waals surface area contributed by atoms with Crippen LogP contribution in [0.4, 0.5) is 11.4 Å². The molecule has 1 heterocycles. The van der Waals surface area contributed by atoms with Gasteiger partial charge < -0.3 is 19.5 Å². The van der Waals surface area contributed by atoms with Crippen LogP contribution in [0.3, 0.4) is 0 Å². The fourth-order valence-electron chi connectivity index (χ4n) is 2.90. The van der Waals surface area contributed by atoms with Gasteiger partial charge in [-0.05, 0) is 42.7 Å². The maximum absolute atomic E-state index is 12.3. The number of fused-ring (bicyclic) bond motifs is 1. The lowest BCUT2D eigenvalue weighted by Gasteiger charge is -2.13. The van der Waals surface area contributed by atoms with Gasteiger partial charge in [-0.3, -0.25) is 9.59 Å². The van der Waals surface area contributed by atoms with E-state index in [0.717, 1.165) is 22.5 Å². The number of rotatable bonds is 8. The van der Waals surface area contributed by atoms with Crippen LogP contribution in [0.5, 0.6) is 0 Å². The van der Waals surface area contributed by atoms with Crippen molar-refractivity contribution < 1.29 is 14.3 Å². The number of imidazole rings is 1. The number of benzene rings is 2. The van der Waals surface area contributed by atoms with Crippen molar-refractivity contribution in [1.29, 1.82) is 0 Å². The molecule has 1 N–H and O–H groups in total. The van der Waals surface area contributed by atoms with Gasteiger partial charge >= 0.3 is 5.97 Å². The summed E-state index contributed by atoms with van der Waals surface area (Å²) in [5, 5.41) is 2.73. The van der Waals surface area contributed by atoms with Crippen molar-refractivity contribution in [1.82, 2.24) is 9.55 Å². The first kappa shape index (κ1) is 20.7. The number of nitrogens with zero attached hydrogens (tertiary/aromatic N) is 3. The summed E-state index contributed by atoms with van der Waals surface area (Å²) in [7, 11) is 3.89. The molecule has 0 bridgehead atoms.